The normalized spacial score (nSPS) is 12.4. The lowest BCUT2D eigenvalue weighted by Gasteiger charge is -2.31. The topological polar surface area (TPSA) is 55.2 Å². The van der Waals surface area contributed by atoms with Gasteiger partial charge in [-0.3, -0.25) is 14.2 Å². The monoisotopic (exact) mass is 503 g/mol. The molecule has 0 saturated carbocycles. The molecule has 1 amide bonds. The Morgan fingerprint density at radius 2 is 1.75 bits per heavy atom. The predicted molar refractivity (Wildman–Crippen MR) is 143 cm³/mol. The molecule has 0 N–H and O–H groups in total. The first-order valence-corrected chi connectivity index (χ1v) is 12.1. The van der Waals surface area contributed by atoms with Gasteiger partial charge in [0.05, 0.1) is 27.7 Å². The van der Waals surface area contributed by atoms with Crippen molar-refractivity contribution in [3.63, 3.8) is 0 Å². The molecule has 4 rings (SSSR count). The zero-order chi connectivity index (χ0) is 25.8. The van der Waals surface area contributed by atoms with Gasteiger partial charge in [-0.1, -0.05) is 67.9 Å². The number of fused-ring (bicyclic) bond motifs is 1. The highest BCUT2D eigenvalue weighted by Gasteiger charge is 2.26. The maximum atomic E-state index is 13.9. The summed E-state index contributed by atoms with van der Waals surface area (Å²) in [5, 5.41) is 0.312. The van der Waals surface area contributed by atoms with Gasteiger partial charge in [-0.05, 0) is 54.8 Å². The van der Waals surface area contributed by atoms with Crippen molar-refractivity contribution in [2.45, 2.75) is 26.8 Å². The molecule has 0 aliphatic rings. The summed E-state index contributed by atoms with van der Waals surface area (Å²) in [5.74, 6) is -0.253. The van der Waals surface area contributed by atoms with Gasteiger partial charge in [0, 0.05) is 12.6 Å². The summed E-state index contributed by atoms with van der Waals surface area (Å²) in [6, 6.07) is 20.1. The van der Waals surface area contributed by atoms with Crippen LogP contribution in [0.25, 0.3) is 22.7 Å². The smallest absolute Gasteiger partial charge is 0.266 e. The van der Waals surface area contributed by atoms with Crippen LogP contribution in [-0.4, -0.2) is 26.9 Å². The highest BCUT2D eigenvalue weighted by molar-refractivity contribution is 6.30. The number of para-hydroxylation sites is 1. The van der Waals surface area contributed by atoms with Crippen LogP contribution in [0.2, 0.25) is 5.02 Å². The van der Waals surface area contributed by atoms with Gasteiger partial charge in [-0.15, -0.1) is 0 Å². The van der Waals surface area contributed by atoms with Crippen molar-refractivity contribution in [2.75, 3.05) is 6.54 Å². The van der Waals surface area contributed by atoms with Crippen molar-refractivity contribution in [3.8, 4) is 5.69 Å². The molecular formula is C29H27ClFN3O2. The van der Waals surface area contributed by atoms with E-state index in [4.69, 9.17) is 16.6 Å². The summed E-state index contributed by atoms with van der Waals surface area (Å²) in [5.41, 5.74) is 1.49. The number of hydrogen-bond donors (Lipinski definition) is 0. The molecule has 1 atom stereocenters. The average molecular weight is 504 g/mol. The van der Waals surface area contributed by atoms with E-state index in [2.05, 4.69) is 0 Å². The molecule has 184 valence electrons. The minimum atomic E-state index is -0.584. The van der Waals surface area contributed by atoms with E-state index in [1.807, 2.05) is 57.2 Å². The Morgan fingerprint density at radius 1 is 1.06 bits per heavy atom. The van der Waals surface area contributed by atoms with Gasteiger partial charge in [-0.2, -0.15) is 0 Å². The minimum Gasteiger partial charge on any atom is -0.329 e. The van der Waals surface area contributed by atoms with Crippen molar-refractivity contribution in [3.05, 3.63) is 111 Å². The van der Waals surface area contributed by atoms with E-state index in [1.54, 1.807) is 29.2 Å². The first kappa shape index (κ1) is 25.3. The average Bonchev–Trinajstić information content (AvgIpc) is 2.87. The first-order chi connectivity index (χ1) is 17.3. The molecule has 0 aliphatic heterocycles. The van der Waals surface area contributed by atoms with Crippen LogP contribution in [0.1, 0.15) is 38.2 Å². The summed E-state index contributed by atoms with van der Waals surface area (Å²) in [7, 11) is 0. The molecule has 4 aromatic rings. The molecule has 0 spiro atoms. The summed E-state index contributed by atoms with van der Waals surface area (Å²) in [4.78, 5) is 33.6. The molecular weight excluding hydrogens is 477 g/mol. The van der Waals surface area contributed by atoms with Gasteiger partial charge in [0.1, 0.15) is 11.6 Å². The number of rotatable bonds is 7. The molecule has 1 unspecified atom stereocenters. The molecule has 1 heterocycles. The Kier molecular flexibility index (Phi) is 7.65. The lowest BCUT2D eigenvalue weighted by atomic mass is 10.1. The van der Waals surface area contributed by atoms with E-state index in [1.165, 1.54) is 28.8 Å². The standard InChI is InChI=1S/C29H27ClFN3O2/c1-19(2)18-33(27(35)16-13-21-9-5-4-6-10-21)20(3)28-32-26-12-8-7-11-23(26)29(36)34(28)22-14-15-25(31)24(30)17-22/h4-17,19-20H,18H2,1-3H3/b16-13+. The number of benzene rings is 3. The Bertz CT molecular complexity index is 1480. The van der Waals surface area contributed by atoms with Gasteiger partial charge in [0.15, 0.2) is 0 Å². The van der Waals surface area contributed by atoms with Crippen LogP contribution in [0.3, 0.4) is 0 Å². The third-order valence-corrected chi connectivity index (χ3v) is 6.16. The Labute approximate surface area is 214 Å². The van der Waals surface area contributed by atoms with Crippen LogP contribution in [0.4, 0.5) is 4.39 Å². The Balaban J connectivity index is 1.85. The summed E-state index contributed by atoms with van der Waals surface area (Å²) >= 11 is 6.06. The molecule has 0 radical (unpaired) electrons. The van der Waals surface area contributed by atoms with Crippen molar-refractivity contribution < 1.29 is 9.18 Å². The molecule has 0 saturated heterocycles. The summed E-state index contributed by atoms with van der Waals surface area (Å²) in [6.45, 7) is 6.34. The largest absolute Gasteiger partial charge is 0.329 e. The van der Waals surface area contributed by atoms with Gasteiger partial charge in [0.2, 0.25) is 5.91 Å². The minimum absolute atomic E-state index is 0.105. The van der Waals surface area contributed by atoms with Crippen molar-refractivity contribution >= 4 is 34.5 Å². The van der Waals surface area contributed by atoms with Gasteiger partial charge >= 0.3 is 0 Å². The van der Waals surface area contributed by atoms with E-state index in [-0.39, 0.29) is 22.4 Å². The van der Waals surface area contributed by atoms with E-state index >= 15 is 0 Å². The van der Waals surface area contributed by atoms with Crippen LogP contribution in [0.15, 0.2) is 83.7 Å². The van der Waals surface area contributed by atoms with Gasteiger partial charge in [0.25, 0.3) is 5.56 Å². The molecule has 0 aliphatic carbocycles. The van der Waals surface area contributed by atoms with E-state index in [0.717, 1.165) is 5.56 Å². The highest BCUT2D eigenvalue weighted by Crippen LogP contribution is 2.26. The zero-order valence-electron chi connectivity index (χ0n) is 20.4. The Morgan fingerprint density at radius 3 is 2.44 bits per heavy atom. The third-order valence-electron chi connectivity index (χ3n) is 5.87. The zero-order valence-corrected chi connectivity index (χ0v) is 21.1. The lowest BCUT2D eigenvalue weighted by Crippen LogP contribution is -2.38. The summed E-state index contributed by atoms with van der Waals surface area (Å²) in [6.07, 6.45) is 3.30. The maximum Gasteiger partial charge on any atom is 0.266 e. The molecule has 5 nitrogen and oxygen atoms in total. The molecule has 3 aromatic carbocycles. The number of halogens is 2. The molecule has 0 fully saturated rings. The van der Waals surface area contributed by atoms with Crippen LogP contribution in [-0.2, 0) is 4.79 Å². The number of hydrogen-bond acceptors (Lipinski definition) is 3. The third kappa shape index (κ3) is 5.39. The second-order valence-corrected chi connectivity index (χ2v) is 9.44. The predicted octanol–water partition coefficient (Wildman–Crippen LogP) is 6.44. The lowest BCUT2D eigenvalue weighted by molar-refractivity contribution is -0.128. The fraction of sp³-hybridized carbons (Fsp3) is 0.207. The highest BCUT2D eigenvalue weighted by atomic mass is 35.5. The van der Waals surface area contributed by atoms with Gasteiger partial charge in [-0.25, -0.2) is 9.37 Å². The molecule has 1 aromatic heterocycles. The van der Waals surface area contributed by atoms with Crippen molar-refractivity contribution in [2.24, 2.45) is 5.92 Å². The number of carbonyl (C=O) groups is 1. The van der Waals surface area contributed by atoms with Crippen LogP contribution < -0.4 is 5.56 Å². The van der Waals surface area contributed by atoms with E-state index < -0.39 is 11.9 Å². The molecule has 36 heavy (non-hydrogen) atoms. The number of amides is 1. The van der Waals surface area contributed by atoms with Crippen LogP contribution >= 0.6 is 11.6 Å². The SMILES string of the molecule is CC(C)CN(C(=O)/C=C/c1ccccc1)C(C)c1nc2ccccc2c(=O)n1-c1ccc(F)c(Cl)c1. The fourth-order valence-electron chi connectivity index (χ4n) is 4.10. The second-order valence-electron chi connectivity index (χ2n) is 9.03. The van der Waals surface area contributed by atoms with Gasteiger partial charge < -0.3 is 4.90 Å². The second kappa shape index (κ2) is 10.9. The molecule has 7 heteroatoms. The number of carbonyl (C=O) groups excluding carboxylic acids is 1. The van der Waals surface area contributed by atoms with E-state index in [0.29, 0.717) is 29.0 Å². The number of nitrogens with zero attached hydrogens (tertiary/aromatic N) is 3. The first-order valence-electron chi connectivity index (χ1n) is 11.8. The van der Waals surface area contributed by atoms with E-state index in [9.17, 15) is 14.0 Å². The maximum absolute atomic E-state index is 13.9. The number of aromatic nitrogens is 2. The van der Waals surface area contributed by atoms with Crippen LogP contribution in [0.5, 0.6) is 0 Å². The fourth-order valence-corrected chi connectivity index (χ4v) is 4.28. The van der Waals surface area contributed by atoms with Crippen LogP contribution in [0, 0.1) is 11.7 Å². The molecule has 0 bridgehead atoms. The quantitative estimate of drug-likeness (QED) is 0.273. The van der Waals surface area contributed by atoms with Crippen molar-refractivity contribution in [1.82, 2.24) is 14.5 Å². The van der Waals surface area contributed by atoms with Crippen molar-refractivity contribution in [1.29, 1.82) is 0 Å². The Hall–Kier alpha value is -3.77. The summed E-state index contributed by atoms with van der Waals surface area (Å²) < 4.78 is 15.4.